The fraction of sp³-hybridized carbons (Fsp3) is 0. The number of aromatic hydroxyl groups is 2. The van der Waals surface area contributed by atoms with E-state index in [0.29, 0.717) is 22.4 Å². The molecular formula is C38H27N5O6. The number of carbonyl (C=O) groups excluding carboxylic acids is 2. The highest BCUT2D eigenvalue weighted by molar-refractivity contribution is 6.04. The van der Waals surface area contributed by atoms with Crippen LogP contribution in [0.25, 0.3) is 21.8 Å². The van der Waals surface area contributed by atoms with Gasteiger partial charge in [0.15, 0.2) is 11.5 Å². The summed E-state index contributed by atoms with van der Waals surface area (Å²) in [5, 5.41) is 22.8. The zero-order valence-electron chi connectivity index (χ0n) is 25.6. The lowest BCUT2D eigenvalue weighted by Crippen LogP contribution is -2.19. The van der Waals surface area contributed by atoms with Crippen LogP contribution >= 0.6 is 0 Å². The van der Waals surface area contributed by atoms with Crippen molar-refractivity contribution in [2.75, 3.05) is 16.4 Å². The van der Waals surface area contributed by atoms with E-state index in [-0.39, 0.29) is 51.2 Å². The van der Waals surface area contributed by atoms with Gasteiger partial charge >= 0.3 is 11.9 Å². The number of anilines is 5. The summed E-state index contributed by atoms with van der Waals surface area (Å²) in [6.07, 6.45) is 3.20. The molecule has 11 nitrogen and oxygen atoms in total. The van der Waals surface area contributed by atoms with Gasteiger partial charge in [0.25, 0.3) is 0 Å². The molecule has 11 heteroatoms. The minimum Gasteiger partial charge on any atom is -0.506 e. The van der Waals surface area contributed by atoms with Crippen LogP contribution in [0.15, 0.2) is 128 Å². The first-order valence-corrected chi connectivity index (χ1v) is 15.0. The molecule has 0 fully saturated rings. The second-order valence-electron chi connectivity index (χ2n) is 11.0. The molecular weight excluding hydrogens is 622 g/mol. The molecule has 0 spiro atoms. The van der Waals surface area contributed by atoms with Gasteiger partial charge in [-0.05, 0) is 66.7 Å². The Hall–Kier alpha value is -7.14. The highest BCUT2D eigenvalue weighted by Gasteiger charge is 2.26. The molecule has 0 amide bonds. The van der Waals surface area contributed by atoms with Crippen molar-refractivity contribution in [3.63, 3.8) is 0 Å². The normalized spacial score (nSPS) is 10.9. The third-order valence-electron chi connectivity index (χ3n) is 7.84. The Bertz CT molecular complexity index is 2350. The predicted molar refractivity (Wildman–Crippen MR) is 187 cm³/mol. The Balaban J connectivity index is 1.38. The highest BCUT2D eigenvalue weighted by Crippen LogP contribution is 2.42. The minimum atomic E-state index is -0.768. The van der Waals surface area contributed by atoms with Crippen molar-refractivity contribution in [1.82, 2.24) is 9.97 Å². The summed E-state index contributed by atoms with van der Waals surface area (Å²) in [4.78, 5) is 38.1. The molecule has 2 heterocycles. The summed E-state index contributed by atoms with van der Waals surface area (Å²) < 4.78 is 11.7. The van der Waals surface area contributed by atoms with Crippen molar-refractivity contribution < 1.29 is 29.3 Å². The average molecular weight is 650 g/mol. The van der Waals surface area contributed by atoms with Gasteiger partial charge in [0.1, 0.15) is 22.5 Å². The first-order valence-electron chi connectivity index (χ1n) is 15.0. The molecule has 0 atom stereocenters. The van der Waals surface area contributed by atoms with Crippen LogP contribution in [0.5, 0.6) is 23.0 Å². The van der Waals surface area contributed by atoms with E-state index in [1.807, 2.05) is 24.3 Å². The van der Waals surface area contributed by atoms with Crippen LogP contribution in [0.2, 0.25) is 0 Å². The van der Waals surface area contributed by atoms with Crippen molar-refractivity contribution in [1.29, 1.82) is 0 Å². The van der Waals surface area contributed by atoms with E-state index >= 15 is 0 Å². The number of para-hydroxylation sites is 2. The van der Waals surface area contributed by atoms with Gasteiger partial charge in [-0.2, -0.15) is 0 Å². The number of nitrogens with two attached hydrogens (primary N) is 2. The van der Waals surface area contributed by atoms with Gasteiger partial charge in [0.05, 0.1) is 28.2 Å². The third kappa shape index (κ3) is 5.95. The standard InChI is InChI=1S/C38H27N5O6/c39-28-15-12-25(20-31(28)44)43(26-13-16-29(40)32(45)21-26)30-19-24(37(46)48-33-9-1-5-22-7-3-17-41-35(22)33)11-14-27(30)38(47)49-34-10-2-6-23-8-4-18-42-36(23)34/h1-21,44-45H,39-40H2. The van der Waals surface area contributed by atoms with Crippen LogP contribution in [0.1, 0.15) is 20.7 Å². The number of nitrogen functional groups attached to an aromatic ring is 2. The molecule has 7 rings (SSSR count). The molecule has 0 bridgehead atoms. The fourth-order valence-corrected chi connectivity index (χ4v) is 5.42. The number of fused-ring (bicyclic) bond motifs is 2. The van der Waals surface area contributed by atoms with Crippen molar-refractivity contribution in [3.8, 4) is 23.0 Å². The maximum atomic E-state index is 14.1. The van der Waals surface area contributed by atoms with Crippen LogP contribution in [0.3, 0.4) is 0 Å². The molecule has 240 valence electrons. The van der Waals surface area contributed by atoms with E-state index in [1.54, 1.807) is 65.8 Å². The van der Waals surface area contributed by atoms with Crippen LogP contribution in [0, 0.1) is 0 Å². The Labute approximate surface area is 279 Å². The highest BCUT2D eigenvalue weighted by atomic mass is 16.5. The van der Waals surface area contributed by atoms with Crippen molar-refractivity contribution in [2.24, 2.45) is 0 Å². The second-order valence-corrected chi connectivity index (χ2v) is 11.0. The molecule has 5 aromatic carbocycles. The van der Waals surface area contributed by atoms with E-state index in [0.717, 1.165) is 10.8 Å². The zero-order valence-corrected chi connectivity index (χ0v) is 25.6. The van der Waals surface area contributed by atoms with Crippen LogP contribution in [0.4, 0.5) is 28.4 Å². The first kappa shape index (κ1) is 30.5. The monoisotopic (exact) mass is 649 g/mol. The number of aromatic nitrogens is 2. The number of pyridine rings is 2. The number of nitrogens with zero attached hydrogens (tertiary/aromatic N) is 3. The Morgan fingerprint density at radius 1 is 0.592 bits per heavy atom. The molecule has 0 aliphatic rings. The summed E-state index contributed by atoms with van der Waals surface area (Å²) >= 11 is 0. The maximum absolute atomic E-state index is 14.1. The number of ether oxygens (including phenoxy) is 2. The largest absolute Gasteiger partial charge is 0.506 e. The number of hydrogen-bond acceptors (Lipinski definition) is 11. The summed E-state index contributed by atoms with van der Waals surface area (Å²) in [5.74, 6) is -1.48. The van der Waals surface area contributed by atoms with Crippen molar-refractivity contribution in [2.45, 2.75) is 0 Å². The molecule has 0 saturated heterocycles. The number of esters is 2. The number of rotatable bonds is 7. The van der Waals surface area contributed by atoms with Gasteiger partial charge in [-0.15, -0.1) is 0 Å². The molecule has 0 aliphatic heterocycles. The van der Waals surface area contributed by atoms with Crippen molar-refractivity contribution >= 4 is 62.2 Å². The van der Waals surface area contributed by atoms with Gasteiger partial charge in [-0.1, -0.05) is 36.4 Å². The maximum Gasteiger partial charge on any atom is 0.345 e. The average Bonchev–Trinajstić information content (AvgIpc) is 3.11. The van der Waals surface area contributed by atoms with Crippen LogP contribution < -0.4 is 25.8 Å². The molecule has 0 unspecified atom stereocenters. The van der Waals surface area contributed by atoms with Gasteiger partial charge in [0, 0.05) is 46.7 Å². The number of carbonyl (C=O) groups is 2. The fourth-order valence-electron chi connectivity index (χ4n) is 5.42. The molecule has 0 aliphatic carbocycles. The lowest BCUT2D eigenvalue weighted by molar-refractivity contribution is 0.0723. The van der Waals surface area contributed by atoms with Crippen molar-refractivity contribution in [3.05, 3.63) is 139 Å². The van der Waals surface area contributed by atoms with E-state index in [4.69, 9.17) is 20.9 Å². The van der Waals surface area contributed by atoms with E-state index < -0.39 is 11.9 Å². The third-order valence-corrected chi connectivity index (χ3v) is 7.84. The second kappa shape index (κ2) is 12.6. The minimum absolute atomic E-state index is 0.0314. The molecule has 7 aromatic rings. The quantitative estimate of drug-likeness (QED) is 0.0592. The molecule has 0 radical (unpaired) electrons. The van der Waals surface area contributed by atoms with Crippen LogP contribution in [-0.4, -0.2) is 32.1 Å². The number of hydrogen-bond donors (Lipinski definition) is 4. The first-order chi connectivity index (χ1) is 23.8. The molecule has 0 saturated carbocycles. The SMILES string of the molecule is Nc1ccc(N(c2ccc(N)c(O)c2)c2cc(C(=O)Oc3cccc4cccnc34)ccc2C(=O)Oc2cccc3cccnc23)cc1O. The lowest BCUT2D eigenvalue weighted by atomic mass is 10.0. The topological polar surface area (TPSA) is 174 Å². The smallest absolute Gasteiger partial charge is 0.345 e. The lowest BCUT2D eigenvalue weighted by Gasteiger charge is -2.28. The Kier molecular flexibility index (Phi) is 7.83. The van der Waals surface area contributed by atoms with E-state index in [9.17, 15) is 19.8 Å². The van der Waals surface area contributed by atoms with E-state index in [1.165, 1.54) is 42.5 Å². The predicted octanol–water partition coefficient (Wildman–Crippen LogP) is 7.27. The summed E-state index contributed by atoms with van der Waals surface area (Å²) in [5.41, 5.74) is 14.0. The van der Waals surface area contributed by atoms with Gasteiger partial charge < -0.3 is 36.1 Å². The van der Waals surface area contributed by atoms with Gasteiger partial charge in [-0.25, -0.2) is 9.59 Å². The number of phenolic OH excluding ortho intramolecular Hbond substituents is 2. The van der Waals surface area contributed by atoms with E-state index in [2.05, 4.69) is 9.97 Å². The Morgan fingerprint density at radius 3 is 1.63 bits per heavy atom. The summed E-state index contributed by atoms with van der Waals surface area (Å²) in [6, 6.07) is 31.0. The summed E-state index contributed by atoms with van der Waals surface area (Å²) in [6.45, 7) is 0. The number of phenols is 2. The molecule has 6 N–H and O–H groups in total. The molecule has 2 aromatic heterocycles. The van der Waals surface area contributed by atoms with Crippen LogP contribution in [-0.2, 0) is 0 Å². The summed E-state index contributed by atoms with van der Waals surface area (Å²) in [7, 11) is 0. The zero-order chi connectivity index (χ0) is 34.1. The Morgan fingerprint density at radius 2 is 1.10 bits per heavy atom. The molecule has 49 heavy (non-hydrogen) atoms. The van der Waals surface area contributed by atoms with Gasteiger partial charge in [0.2, 0.25) is 0 Å². The number of benzene rings is 5. The van der Waals surface area contributed by atoms with Gasteiger partial charge in [-0.3, -0.25) is 9.97 Å².